The molecular formula is C14H15N3O2. The highest BCUT2D eigenvalue weighted by atomic mass is 16.4. The van der Waals surface area contributed by atoms with E-state index in [1.54, 1.807) is 0 Å². The monoisotopic (exact) mass is 257 g/mol. The van der Waals surface area contributed by atoms with Gasteiger partial charge in [-0.15, -0.1) is 0 Å². The molecule has 0 radical (unpaired) electrons. The van der Waals surface area contributed by atoms with Crippen molar-refractivity contribution < 1.29 is 9.90 Å². The molecule has 0 saturated carbocycles. The van der Waals surface area contributed by atoms with E-state index in [1.807, 2.05) is 24.1 Å². The van der Waals surface area contributed by atoms with Gasteiger partial charge in [-0.2, -0.15) is 0 Å². The van der Waals surface area contributed by atoms with E-state index in [0.29, 0.717) is 5.95 Å². The summed E-state index contributed by atoms with van der Waals surface area (Å²) in [5, 5.41) is 8.80. The smallest absolute Gasteiger partial charge is 0.338 e. The first-order chi connectivity index (χ1) is 9.11. The molecule has 98 valence electrons. The van der Waals surface area contributed by atoms with Crippen molar-refractivity contribution in [3.05, 3.63) is 47.8 Å². The van der Waals surface area contributed by atoms with E-state index >= 15 is 0 Å². The topological polar surface area (TPSA) is 66.3 Å². The first kappa shape index (κ1) is 13.0. The van der Waals surface area contributed by atoms with E-state index in [-0.39, 0.29) is 5.56 Å². The zero-order chi connectivity index (χ0) is 13.8. The molecule has 1 heterocycles. The number of aromatic nitrogens is 2. The maximum absolute atomic E-state index is 10.7. The molecule has 0 bridgehead atoms. The van der Waals surface area contributed by atoms with Crippen molar-refractivity contribution in [1.29, 1.82) is 0 Å². The van der Waals surface area contributed by atoms with Crippen LogP contribution in [0.5, 0.6) is 0 Å². The zero-order valence-corrected chi connectivity index (χ0v) is 10.9. The summed E-state index contributed by atoms with van der Waals surface area (Å²) in [4.78, 5) is 20.6. The summed E-state index contributed by atoms with van der Waals surface area (Å²) >= 11 is 0. The summed E-state index contributed by atoms with van der Waals surface area (Å²) in [6.45, 7) is 2.10. The zero-order valence-electron chi connectivity index (χ0n) is 10.9. The predicted octanol–water partition coefficient (Wildman–Crippen LogP) is 2.51. The fourth-order valence-electron chi connectivity index (χ4n) is 1.68. The second-order valence-electron chi connectivity index (χ2n) is 4.16. The number of carbonyl (C=O) groups is 1. The number of carboxylic acid groups (broad SMARTS) is 1. The molecular weight excluding hydrogens is 242 g/mol. The fourth-order valence-corrected chi connectivity index (χ4v) is 1.68. The van der Waals surface area contributed by atoms with E-state index in [2.05, 4.69) is 29.0 Å². The van der Waals surface area contributed by atoms with Crippen LogP contribution < -0.4 is 4.90 Å². The lowest BCUT2D eigenvalue weighted by atomic mass is 10.1. The number of aromatic carboxylic acids is 1. The maximum Gasteiger partial charge on any atom is 0.338 e. The quantitative estimate of drug-likeness (QED) is 0.911. The molecule has 0 aliphatic heterocycles. The van der Waals surface area contributed by atoms with Gasteiger partial charge in [0, 0.05) is 25.1 Å². The number of nitrogens with zero attached hydrogens (tertiary/aromatic N) is 3. The standard InChI is InChI=1S/C14H15N3O2/c1-3-10-4-6-12(7-5-10)17(2)14-15-8-11(9-16-14)13(18)19/h4-9H,3H2,1-2H3,(H,18,19). The number of carboxylic acids is 1. The van der Waals surface area contributed by atoms with Crippen LogP contribution in [0.1, 0.15) is 22.8 Å². The van der Waals surface area contributed by atoms with Crippen LogP contribution in [0.3, 0.4) is 0 Å². The highest BCUT2D eigenvalue weighted by Gasteiger charge is 2.09. The number of aryl methyl sites for hydroxylation is 1. The van der Waals surface area contributed by atoms with Crippen molar-refractivity contribution in [2.24, 2.45) is 0 Å². The van der Waals surface area contributed by atoms with Gasteiger partial charge in [0.25, 0.3) is 0 Å². The average Bonchev–Trinajstić information content (AvgIpc) is 2.46. The second-order valence-corrected chi connectivity index (χ2v) is 4.16. The van der Waals surface area contributed by atoms with E-state index in [0.717, 1.165) is 12.1 Å². The normalized spacial score (nSPS) is 10.2. The lowest BCUT2D eigenvalue weighted by molar-refractivity contribution is 0.0696. The first-order valence-corrected chi connectivity index (χ1v) is 6.00. The Hall–Kier alpha value is -2.43. The van der Waals surface area contributed by atoms with Crippen LogP contribution in [-0.4, -0.2) is 28.1 Å². The largest absolute Gasteiger partial charge is 0.478 e. The Morgan fingerprint density at radius 3 is 2.26 bits per heavy atom. The van der Waals surface area contributed by atoms with Crippen molar-refractivity contribution in [1.82, 2.24) is 9.97 Å². The van der Waals surface area contributed by atoms with Crippen LogP contribution in [0.15, 0.2) is 36.7 Å². The van der Waals surface area contributed by atoms with Crippen LogP contribution in [-0.2, 0) is 6.42 Å². The summed E-state index contributed by atoms with van der Waals surface area (Å²) in [5.41, 5.74) is 2.30. The van der Waals surface area contributed by atoms with Gasteiger partial charge >= 0.3 is 5.97 Å². The third-order valence-electron chi connectivity index (χ3n) is 2.92. The SMILES string of the molecule is CCc1ccc(N(C)c2ncc(C(=O)O)cn2)cc1. The minimum Gasteiger partial charge on any atom is -0.478 e. The van der Waals surface area contributed by atoms with E-state index in [1.165, 1.54) is 18.0 Å². The molecule has 0 fully saturated rings. The van der Waals surface area contributed by atoms with Crippen LogP contribution >= 0.6 is 0 Å². The molecule has 0 atom stereocenters. The van der Waals surface area contributed by atoms with Crippen molar-refractivity contribution in [2.45, 2.75) is 13.3 Å². The summed E-state index contributed by atoms with van der Waals surface area (Å²) in [6, 6.07) is 8.09. The highest BCUT2D eigenvalue weighted by molar-refractivity contribution is 5.86. The molecule has 19 heavy (non-hydrogen) atoms. The van der Waals surface area contributed by atoms with Gasteiger partial charge in [0.2, 0.25) is 5.95 Å². The maximum atomic E-state index is 10.7. The van der Waals surface area contributed by atoms with Gasteiger partial charge in [-0.3, -0.25) is 0 Å². The molecule has 0 saturated heterocycles. The number of rotatable bonds is 4. The molecule has 1 aromatic carbocycles. The molecule has 0 amide bonds. The summed E-state index contributed by atoms with van der Waals surface area (Å²) in [5.74, 6) is -0.559. The van der Waals surface area contributed by atoms with Crippen molar-refractivity contribution >= 4 is 17.6 Å². The van der Waals surface area contributed by atoms with Crippen LogP contribution in [0, 0.1) is 0 Å². The lowest BCUT2D eigenvalue weighted by Crippen LogP contribution is -2.13. The van der Waals surface area contributed by atoms with Gasteiger partial charge in [0.1, 0.15) is 0 Å². The average molecular weight is 257 g/mol. The van der Waals surface area contributed by atoms with Crippen LogP contribution in [0.25, 0.3) is 0 Å². The number of anilines is 2. The van der Waals surface area contributed by atoms with Gasteiger partial charge in [0.05, 0.1) is 5.56 Å². The van der Waals surface area contributed by atoms with E-state index in [4.69, 9.17) is 5.11 Å². The minimum absolute atomic E-state index is 0.0819. The van der Waals surface area contributed by atoms with E-state index < -0.39 is 5.97 Å². The van der Waals surface area contributed by atoms with Gasteiger partial charge in [-0.25, -0.2) is 14.8 Å². The number of hydrogen-bond acceptors (Lipinski definition) is 4. The minimum atomic E-state index is -1.03. The van der Waals surface area contributed by atoms with E-state index in [9.17, 15) is 4.79 Å². The first-order valence-electron chi connectivity index (χ1n) is 6.00. The molecule has 0 aliphatic carbocycles. The molecule has 2 rings (SSSR count). The molecule has 5 nitrogen and oxygen atoms in total. The summed E-state index contributed by atoms with van der Waals surface area (Å²) in [6.07, 6.45) is 3.61. The summed E-state index contributed by atoms with van der Waals surface area (Å²) in [7, 11) is 1.84. The van der Waals surface area contributed by atoms with Gasteiger partial charge in [0.15, 0.2) is 0 Å². The number of benzene rings is 1. The third kappa shape index (κ3) is 2.88. The van der Waals surface area contributed by atoms with Gasteiger partial charge in [-0.05, 0) is 24.1 Å². The van der Waals surface area contributed by atoms with Crippen LogP contribution in [0.2, 0.25) is 0 Å². The molecule has 0 unspecified atom stereocenters. The fraction of sp³-hybridized carbons (Fsp3) is 0.214. The number of hydrogen-bond donors (Lipinski definition) is 1. The van der Waals surface area contributed by atoms with Crippen LogP contribution in [0.4, 0.5) is 11.6 Å². The van der Waals surface area contributed by atoms with Gasteiger partial charge in [-0.1, -0.05) is 19.1 Å². The Balaban J connectivity index is 2.22. The Morgan fingerprint density at radius 2 is 1.79 bits per heavy atom. The molecule has 0 spiro atoms. The molecule has 2 aromatic rings. The predicted molar refractivity (Wildman–Crippen MR) is 72.9 cm³/mol. The van der Waals surface area contributed by atoms with Crippen molar-refractivity contribution in [3.8, 4) is 0 Å². The molecule has 0 aliphatic rings. The Kier molecular flexibility index (Phi) is 3.75. The second kappa shape index (κ2) is 5.48. The summed E-state index contributed by atoms with van der Waals surface area (Å²) < 4.78 is 0. The Bertz CT molecular complexity index is 564. The molecule has 5 heteroatoms. The molecule has 1 N–H and O–H groups in total. The van der Waals surface area contributed by atoms with Gasteiger partial charge < -0.3 is 10.0 Å². The van der Waals surface area contributed by atoms with Crippen molar-refractivity contribution in [2.75, 3.05) is 11.9 Å². The Morgan fingerprint density at radius 1 is 1.21 bits per heavy atom. The van der Waals surface area contributed by atoms with Crippen molar-refractivity contribution in [3.63, 3.8) is 0 Å². The third-order valence-corrected chi connectivity index (χ3v) is 2.92. The highest BCUT2D eigenvalue weighted by Crippen LogP contribution is 2.20. The lowest BCUT2D eigenvalue weighted by Gasteiger charge is -2.17. The molecule has 1 aromatic heterocycles. The Labute approximate surface area is 111 Å².